The minimum Gasteiger partial charge on any atom is -0.313 e. The maximum absolute atomic E-state index is 3.62. The van der Waals surface area contributed by atoms with Crippen molar-refractivity contribution in [3.8, 4) is 0 Å². The summed E-state index contributed by atoms with van der Waals surface area (Å²) in [6.45, 7) is 9.36. The third-order valence-electron chi connectivity index (χ3n) is 3.72. The van der Waals surface area contributed by atoms with Crippen molar-refractivity contribution < 1.29 is 0 Å². The fourth-order valence-electron chi connectivity index (χ4n) is 1.97. The van der Waals surface area contributed by atoms with Crippen molar-refractivity contribution in [1.82, 2.24) is 10.6 Å². The van der Waals surface area contributed by atoms with Crippen LogP contribution < -0.4 is 10.6 Å². The van der Waals surface area contributed by atoms with Gasteiger partial charge >= 0.3 is 0 Å². The summed E-state index contributed by atoms with van der Waals surface area (Å²) in [6, 6.07) is 1.48. The highest BCUT2D eigenvalue weighted by molar-refractivity contribution is 4.96. The third-order valence-corrected chi connectivity index (χ3v) is 3.72. The van der Waals surface area contributed by atoms with Gasteiger partial charge in [0.25, 0.3) is 0 Å². The van der Waals surface area contributed by atoms with E-state index >= 15 is 0 Å². The van der Waals surface area contributed by atoms with Crippen LogP contribution >= 0.6 is 0 Å². The van der Waals surface area contributed by atoms with Gasteiger partial charge in [0.1, 0.15) is 0 Å². The van der Waals surface area contributed by atoms with E-state index in [2.05, 4.69) is 31.4 Å². The largest absolute Gasteiger partial charge is 0.313 e. The van der Waals surface area contributed by atoms with Crippen molar-refractivity contribution in [3.05, 3.63) is 0 Å². The fraction of sp³-hybridized carbons (Fsp3) is 1.00. The molecule has 0 aromatic heterocycles. The SMILES string of the molecule is CC(CNC1CC1)NCC1CC1(C)C. The van der Waals surface area contributed by atoms with Gasteiger partial charge in [-0.15, -0.1) is 0 Å². The predicted octanol–water partition coefficient (Wildman–Crippen LogP) is 1.76. The smallest absolute Gasteiger partial charge is 0.0164 e. The molecule has 2 aliphatic carbocycles. The first-order valence-electron chi connectivity index (χ1n) is 6.05. The van der Waals surface area contributed by atoms with E-state index in [0.717, 1.165) is 18.5 Å². The standard InChI is InChI=1S/C12H24N2/c1-9(7-14-11-4-5-11)13-8-10-6-12(10,2)3/h9-11,13-14H,4-8H2,1-3H3. The van der Waals surface area contributed by atoms with E-state index in [0.29, 0.717) is 11.5 Å². The molecule has 0 spiro atoms. The molecule has 0 radical (unpaired) electrons. The molecule has 14 heavy (non-hydrogen) atoms. The first kappa shape index (κ1) is 10.4. The first-order valence-corrected chi connectivity index (χ1v) is 6.05. The minimum absolute atomic E-state index is 0.622. The molecule has 2 nitrogen and oxygen atoms in total. The van der Waals surface area contributed by atoms with Crippen molar-refractivity contribution in [1.29, 1.82) is 0 Å². The third kappa shape index (κ3) is 2.96. The Balaban J connectivity index is 1.51. The van der Waals surface area contributed by atoms with E-state index in [1.165, 1.54) is 25.8 Å². The molecule has 2 fully saturated rings. The van der Waals surface area contributed by atoms with E-state index in [1.807, 2.05) is 0 Å². The molecule has 2 saturated carbocycles. The van der Waals surface area contributed by atoms with Gasteiger partial charge in [-0.25, -0.2) is 0 Å². The van der Waals surface area contributed by atoms with Gasteiger partial charge < -0.3 is 10.6 Å². The van der Waals surface area contributed by atoms with Crippen molar-refractivity contribution in [2.24, 2.45) is 11.3 Å². The quantitative estimate of drug-likeness (QED) is 0.676. The van der Waals surface area contributed by atoms with E-state index in [9.17, 15) is 0 Å². The molecular formula is C12H24N2. The Kier molecular flexibility index (Phi) is 2.85. The predicted molar refractivity (Wildman–Crippen MR) is 60.4 cm³/mol. The van der Waals surface area contributed by atoms with Crippen molar-refractivity contribution in [2.75, 3.05) is 13.1 Å². The second-order valence-corrected chi connectivity index (χ2v) is 5.88. The molecule has 2 aliphatic rings. The van der Waals surface area contributed by atoms with Gasteiger partial charge in [0.05, 0.1) is 0 Å². The van der Waals surface area contributed by atoms with Crippen LogP contribution in [0.2, 0.25) is 0 Å². The van der Waals surface area contributed by atoms with E-state index in [1.54, 1.807) is 0 Å². The van der Waals surface area contributed by atoms with Crippen molar-refractivity contribution >= 4 is 0 Å². The van der Waals surface area contributed by atoms with Crippen LogP contribution in [0.4, 0.5) is 0 Å². The lowest BCUT2D eigenvalue weighted by atomic mass is 10.1. The van der Waals surface area contributed by atoms with Crippen molar-refractivity contribution in [3.63, 3.8) is 0 Å². The van der Waals surface area contributed by atoms with Crippen LogP contribution in [0.15, 0.2) is 0 Å². The molecule has 2 rings (SSSR count). The summed E-state index contributed by atoms with van der Waals surface area (Å²) in [4.78, 5) is 0. The molecule has 0 aromatic carbocycles. The van der Waals surface area contributed by atoms with Gasteiger partial charge in [-0.05, 0) is 44.1 Å². The average molecular weight is 196 g/mol. The lowest BCUT2D eigenvalue weighted by Gasteiger charge is -2.15. The lowest BCUT2D eigenvalue weighted by Crippen LogP contribution is -2.38. The summed E-state index contributed by atoms with van der Waals surface area (Å²) in [5.74, 6) is 0.922. The average Bonchev–Trinajstić information content (AvgIpc) is 2.97. The maximum atomic E-state index is 3.62. The molecule has 2 atom stereocenters. The zero-order valence-corrected chi connectivity index (χ0v) is 9.77. The monoisotopic (exact) mass is 196 g/mol. The second-order valence-electron chi connectivity index (χ2n) is 5.88. The molecule has 0 heterocycles. The molecule has 2 N–H and O–H groups in total. The highest BCUT2D eigenvalue weighted by Crippen LogP contribution is 2.50. The molecule has 0 amide bonds. The van der Waals surface area contributed by atoms with Crippen LogP contribution in [0.3, 0.4) is 0 Å². The van der Waals surface area contributed by atoms with Gasteiger partial charge in [0.2, 0.25) is 0 Å². The molecule has 2 unspecified atom stereocenters. The van der Waals surface area contributed by atoms with Crippen LogP contribution in [0.25, 0.3) is 0 Å². The van der Waals surface area contributed by atoms with Gasteiger partial charge in [0.15, 0.2) is 0 Å². The van der Waals surface area contributed by atoms with Crippen LogP contribution in [0.1, 0.15) is 40.0 Å². The highest BCUT2D eigenvalue weighted by Gasteiger charge is 2.44. The zero-order chi connectivity index (χ0) is 10.2. The Morgan fingerprint density at radius 3 is 2.50 bits per heavy atom. The molecule has 0 saturated heterocycles. The number of nitrogens with one attached hydrogen (secondary N) is 2. The van der Waals surface area contributed by atoms with Gasteiger partial charge in [-0.1, -0.05) is 13.8 Å². The van der Waals surface area contributed by atoms with Gasteiger partial charge in [-0.3, -0.25) is 0 Å². The van der Waals surface area contributed by atoms with Crippen LogP contribution in [0.5, 0.6) is 0 Å². The molecule has 82 valence electrons. The molecule has 0 bridgehead atoms. The number of hydrogen-bond donors (Lipinski definition) is 2. The minimum atomic E-state index is 0.622. The Morgan fingerprint density at radius 2 is 2.00 bits per heavy atom. The summed E-state index contributed by atoms with van der Waals surface area (Å²) >= 11 is 0. The van der Waals surface area contributed by atoms with Crippen LogP contribution in [0, 0.1) is 11.3 Å². The normalized spacial score (nSPS) is 31.5. The van der Waals surface area contributed by atoms with Crippen molar-refractivity contribution in [2.45, 2.75) is 52.1 Å². The zero-order valence-electron chi connectivity index (χ0n) is 9.77. The Morgan fingerprint density at radius 1 is 1.36 bits per heavy atom. The Labute approximate surface area is 87.8 Å². The van der Waals surface area contributed by atoms with Crippen LogP contribution in [-0.4, -0.2) is 25.2 Å². The maximum Gasteiger partial charge on any atom is 0.0164 e. The van der Waals surface area contributed by atoms with Gasteiger partial charge in [-0.2, -0.15) is 0 Å². The van der Waals surface area contributed by atoms with E-state index < -0.39 is 0 Å². The van der Waals surface area contributed by atoms with E-state index in [-0.39, 0.29) is 0 Å². The molecule has 0 aromatic rings. The lowest BCUT2D eigenvalue weighted by molar-refractivity contribution is 0.456. The second kappa shape index (κ2) is 3.82. The molecule has 0 aliphatic heterocycles. The van der Waals surface area contributed by atoms with E-state index in [4.69, 9.17) is 0 Å². The topological polar surface area (TPSA) is 24.1 Å². The number of rotatable bonds is 6. The van der Waals surface area contributed by atoms with Crippen LogP contribution in [-0.2, 0) is 0 Å². The Hall–Kier alpha value is -0.0800. The first-order chi connectivity index (χ1) is 6.58. The fourth-order valence-corrected chi connectivity index (χ4v) is 1.97. The summed E-state index contributed by atoms with van der Waals surface area (Å²) in [5.41, 5.74) is 0.622. The van der Waals surface area contributed by atoms with Gasteiger partial charge in [0, 0.05) is 18.6 Å². The molecular weight excluding hydrogens is 172 g/mol. The Bertz CT molecular complexity index is 196. The number of hydrogen-bond acceptors (Lipinski definition) is 2. The summed E-state index contributed by atoms with van der Waals surface area (Å²) in [7, 11) is 0. The summed E-state index contributed by atoms with van der Waals surface area (Å²) < 4.78 is 0. The summed E-state index contributed by atoms with van der Waals surface area (Å²) in [6.07, 6.45) is 4.19. The molecule has 2 heteroatoms. The highest BCUT2D eigenvalue weighted by atomic mass is 15.0. The summed E-state index contributed by atoms with van der Waals surface area (Å²) in [5, 5.41) is 7.18.